The first kappa shape index (κ1) is 15.8. The van der Waals surface area contributed by atoms with Crippen LogP contribution in [0.25, 0.3) is 0 Å². The van der Waals surface area contributed by atoms with Crippen molar-refractivity contribution in [1.82, 2.24) is 5.32 Å². The summed E-state index contributed by atoms with van der Waals surface area (Å²) in [4.78, 5) is 22.9. The van der Waals surface area contributed by atoms with E-state index >= 15 is 0 Å². The number of aliphatic carboxylic acids is 1. The second-order valence-electron chi connectivity index (χ2n) is 6.08. The number of carboxylic acids is 1. The van der Waals surface area contributed by atoms with Gasteiger partial charge in [-0.05, 0) is 33.6 Å². The number of ether oxygens (including phenoxy) is 1. The lowest BCUT2D eigenvalue weighted by Gasteiger charge is -2.40. The Morgan fingerprint density at radius 3 is 2.16 bits per heavy atom. The van der Waals surface area contributed by atoms with Crippen LogP contribution in [0.3, 0.4) is 0 Å². The van der Waals surface area contributed by atoms with Crippen molar-refractivity contribution >= 4 is 12.1 Å². The lowest BCUT2D eigenvalue weighted by Crippen LogP contribution is -2.60. The second kappa shape index (κ2) is 5.77. The van der Waals surface area contributed by atoms with Gasteiger partial charge in [0.2, 0.25) is 0 Å². The number of alkyl carbamates (subject to hydrolysis) is 1. The number of carbonyl (C=O) groups is 2. The average molecular weight is 273 g/mol. The number of nitrogens with one attached hydrogen (secondary N) is 1. The monoisotopic (exact) mass is 273 g/mol. The van der Waals surface area contributed by atoms with Gasteiger partial charge in [0.25, 0.3) is 0 Å². The molecular formula is C13H23NO5. The van der Waals surface area contributed by atoms with Gasteiger partial charge in [-0.3, -0.25) is 0 Å². The maximum Gasteiger partial charge on any atom is 0.408 e. The summed E-state index contributed by atoms with van der Waals surface area (Å²) in [6, 6.07) is 0. The number of carboxylic acid groups (broad SMARTS) is 1. The fourth-order valence-corrected chi connectivity index (χ4v) is 2.39. The van der Waals surface area contributed by atoms with Gasteiger partial charge in [0.1, 0.15) is 5.60 Å². The molecule has 1 fully saturated rings. The molecule has 1 rings (SSSR count). The molecule has 6 nitrogen and oxygen atoms in total. The standard InChI is InChI=1S/C13H23NO5/c1-12(2,3)19-11(18)14-13(9(15)10(16)17)7-5-4-6-8-13/h9,15H,4-8H2,1-3H3,(H,14,18)(H,16,17). The van der Waals surface area contributed by atoms with Crippen LogP contribution in [0, 0.1) is 0 Å². The van der Waals surface area contributed by atoms with Crippen LogP contribution in [0.15, 0.2) is 0 Å². The first-order valence-electron chi connectivity index (χ1n) is 6.58. The Balaban J connectivity index is 2.80. The lowest BCUT2D eigenvalue weighted by molar-refractivity contribution is -0.152. The van der Waals surface area contributed by atoms with Crippen LogP contribution >= 0.6 is 0 Å². The molecular weight excluding hydrogens is 250 g/mol. The van der Waals surface area contributed by atoms with Crippen LogP contribution in [-0.4, -0.2) is 39.5 Å². The van der Waals surface area contributed by atoms with E-state index in [4.69, 9.17) is 9.84 Å². The molecule has 1 amide bonds. The minimum absolute atomic E-state index is 0.444. The Kier molecular flexibility index (Phi) is 4.79. The number of hydrogen-bond donors (Lipinski definition) is 3. The van der Waals surface area contributed by atoms with E-state index in [-0.39, 0.29) is 0 Å². The molecule has 0 spiro atoms. The van der Waals surface area contributed by atoms with Gasteiger partial charge in [-0.25, -0.2) is 9.59 Å². The quantitative estimate of drug-likeness (QED) is 0.726. The number of carbonyl (C=O) groups excluding carboxylic acids is 1. The summed E-state index contributed by atoms with van der Waals surface area (Å²) in [7, 11) is 0. The Morgan fingerprint density at radius 2 is 1.74 bits per heavy atom. The van der Waals surface area contributed by atoms with Crippen molar-refractivity contribution in [3.8, 4) is 0 Å². The molecule has 0 heterocycles. The van der Waals surface area contributed by atoms with Crippen LogP contribution < -0.4 is 5.32 Å². The van der Waals surface area contributed by atoms with Crippen molar-refractivity contribution in [3.05, 3.63) is 0 Å². The van der Waals surface area contributed by atoms with Crippen LogP contribution in [0.4, 0.5) is 4.79 Å². The third kappa shape index (κ3) is 4.38. The zero-order chi connectivity index (χ0) is 14.7. The molecule has 1 aliphatic carbocycles. The molecule has 1 saturated carbocycles. The minimum atomic E-state index is -1.61. The van der Waals surface area contributed by atoms with Gasteiger partial charge in [-0.15, -0.1) is 0 Å². The number of amides is 1. The molecule has 0 aromatic rings. The van der Waals surface area contributed by atoms with Crippen molar-refractivity contribution < 1.29 is 24.5 Å². The number of aliphatic hydroxyl groups excluding tert-OH is 1. The van der Waals surface area contributed by atoms with Gasteiger partial charge in [0.15, 0.2) is 6.10 Å². The van der Waals surface area contributed by atoms with Gasteiger partial charge < -0.3 is 20.3 Å². The highest BCUT2D eigenvalue weighted by atomic mass is 16.6. The number of rotatable bonds is 3. The van der Waals surface area contributed by atoms with E-state index in [2.05, 4.69) is 5.32 Å². The first-order valence-corrected chi connectivity index (χ1v) is 6.58. The van der Waals surface area contributed by atoms with Gasteiger partial charge >= 0.3 is 12.1 Å². The predicted octanol–water partition coefficient (Wildman–Crippen LogP) is 1.66. The highest BCUT2D eigenvalue weighted by molar-refractivity contribution is 5.76. The Labute approximate surface area is 113 Å². The molecule has 110 valence electrons. The van der Waals surface area contributed by atoms with Crippen LogP contribution in [0.5, 0.6) is 0 Å². The highest BCUT2D eigenvalue weighted by Gasteiger charge is 2.45. The average Bonchev–Trinajstić information content (AvgIpc) is 2.26. The summed E-state index contributed by atoms with van der Waals surface area (Å²) in [5.41, 5.74) is -1.78. The van der Waals surface area contributed by atoms with Gasteiger partial charge in [-0.2, -0.15) is 0 Å². The van der Waals surface area contributed by atoms with Gasteiger partial charge in [-0.1, -0.05) is 19.3 Å². The number of aliphatic hydroxyl groups is 1. The summed E-state index contributed by atoms with van der Waals surface area (Å²) < 4.78 is 5.14. The Morgan fingerprint density at radius 1 is 1.21 bits per heavy atom. The first-order chi connectivity index (χ1) is 8.66. The minimum Gasteiger partial charge on any atom is -0.479 e. The van der Waals surface area contributed by atoms with Crippen molar-refractivity contribution in [2.24, 2.45) is 0 Å². The van der Waals surface area contributed by atoms with Crippen molar-refractivity contribution in [2.75, 3.05) is 0 Å². The fourth-order valence-electron chi connectivity index (χ4n) is 2.39. The summed E-state index contributed by atoms with van der Waals surface area (Å²) in [6.07, 6.45) is 1.12. The smallest absolute Gasteiger partial charge is 0.408 e. The molecule has 0 bridgehead atoms. The number of hydrogen-bond acceptors (Lipinski definition) is 4. The molecule has 0 aromatic heterocycles. The largest absolute Gasteiger partial charge is 0.479 e. The topological polar surface area (TPSA) is 95.9 Å². The van der Waals surface area contributed by atoms with E-state index in [1.54, 1.807) is 20.8 Å². The molecule has 19 heavy (non-hydrogen) atoms. The maximum atomic E-state index is 11.8. The van der Waals surface area contributed by atoms with E-state index in [1.807, 2.05) is 0 Å². The van der Waals surface area contributed by atoms with Crippen LogP contribution in [0.2, 0.25) is 0 Å². The zero-order valence-electron chi connectivity index (χ0n) is 11.7. The maximum absolute atomic E-state index is 11.8. The van der Waals surface area contributed by atoms with Crippen molar-refractivity contribution in [2.45, 2.75) is 70.1 Å². The molecule has 1 aliphatic rings. The van der Waals surface area contributed by atoms with Gasteiger partial charge in [0, 0.05) is 0 Å². The zero-order valence-corrected chi connectivity index (χ0v) is 11.7. The normalized spacial score (nSPS) is 20.4. The predicted molar refractivity (Wildman–Crippen MR) is 68.8 cm³/mol. The molecule has 3 N–H and O–H groups in total. The van der Waals surface area contributed by atoms with Crippen molar-refractivity contribution in [3.63, 3.8) is 0 Å². The summed E-state index contributed by atoms with van der Waals surface area (Å²) in [6.45, 7) is 5.19. The second-order valence-corrected chi connectivity index (χ2v) is 6.08. The third-order valence-electron chi connectivity index (χ3n) is 3.25. The summed E-state index contributed by atoms with van der Waals surface area (Å²) >= 11 is 0. The molecule has 0 aromatic carbocycles. The third-order valence-corrected chi connectivity index (χ3v) is 3.25. The van der Waals surface area contributed by atoms with Crippen molar-refractivity contribution in [1.29, 1.82) is 0 Å². The van der Waals surface area contributed by atoms with E-state index in [0.717, 1.165) is 19.3 Å². The van der Waals surface area contributed by atoms with Crippen LogP contribution in [-0.2, 0) is 9.53 Å². The molecule has 1 atom stereocenters. The van der Waals surface area contributed by atoms with Gasteiger partial charge in [0.05, 0.1) is 5.54 Å². The molecule has 0 aliphatic heterocycles. The van der Waals surface area contributed by atoms with Crippen LogP contribution in [0.1, 0.15) is 52.9 Å². The molecule has 0 saturated heterocycles. The van der Waals surface area contributed by atoms with E-state index in [0.29, 0.717) is 12.8 Å². The molecule has 1 unspecified atom stereocenters. The molecule has 6 heteroatoms. The SMILES string of the molecule is CC(C)(C)OC(=O)NC1(C(O)C(=O)O)CCCCC1. The Bertz CT molecular complexity index is 341. The highest BCUT2D eigenvalue weighted by Crippen LogP contribution is 2.31. The molecule has 0 radical (unpaired) electrons. The Hall–Kier alpha value is -1.30. The summed E-state index contributed by atoms with van der Waals surface area (Å²) in [5, 5.41) is 21.5. The van der Waals surface area contributed by atoms with E-state index < -0.39 is 29.3 Å². The lowest BCUT2D eigenvalue weighted by atomic mass is 9.77. The summed E-state index contributed by atoms with van der Waals surface area (Å²) in [5.74, 6) is -1.32. The van der Waals surface area contributed by atoms with E-state index in [9.17, 15) is 14.7 Å². The van der Waals surface area contributed by atoms with E-state index in [1.165, 1.54) is 0 Å². The fraction of sp³-hybridized carbons (Fsp3) is 0.846.